The highest BCUT2D eigenvalue weighted by Crippen LogP contribution is 2.16. The van der Waals surface area contributed by atoms with Crippen LogP contribution in [0.2, 0.25) is 0 Å². The van der Waals surface area contributed by atoms with E-state index in [1.807, 2.05) is 0 Å². The molecule has 0 amide bonds. The summed E-state index contributed by atoms with van der Waals surface area (Å²) in [6.07, 6.45) is 18.1. The number of nitrogens with zero attached hydrogens (tertiary/aromatic N) is 1. The molecule has 0 bridgehead atoms. The van der Waals surface area contributed by atoms with Crippen molar-refractivity contribution in [1.82, 2.24) is 4.90 Å². The van der Waals surface area contributed by atoms with E-state index >= 15 is 0 Å². The van der Waals surface area contributed by atoms with Crippen molar-refractivity contribution in [2.24, 2.45) is 0 Å². The Kier molecular flexibility index (Phi) is 17.8. The molecule has 0 aromatic rings. The summed E-state index contributed by atoms with van der Waals surface area (Å²) in [6, 6.07) is 0.447. The Morgan fingerprint density at radius 1 is 0.760 bits per heavy atom. The van der Waals surface area contributed by atoms with Gasteiger partial charge in [-0.25, -0.2) is 0 Å². The van der Waals surface area contributed by atoms with Gasteiger partial charge in [-0.05, 0) is 38.8 Å². The minimum Gasteiger partial charge on any atom is -0.481 e. The summed E-state index contributed by atoms with van der Waals surface area (Å²) in [4.78, 5) is 13.5. The number of carboxylic acid groups (broad SMARTS) is 1. The van der Waals surface area contributed by atoms with Crippen LogP contribution in [0.25, 0.3) is 0 Å². The van der Waals surface area contributed by atoms with Gasteiger partial charge in [0.15, 0.2) is 0 Å². The fraction of sp³-hybridized carbons (Fsp3) is 0.955. The molecule has 0 aliphatic rings. The van der Waals surface area contributed by atoms with Crippen LogP contribution < -0.4 is 0 Å². The maximum absolute atomic E-state index is 10.9. The van der Waals surface area contributed by atoms with Crippen molar-refractivity contribution in [2.45, 2.75) is 123 Å². The third kappa shape index (κ3) is 15.4. The summed E-state index contributed by atoms with van der Waals surface area (Å²) in [5, 5.41) is 9.01. The Labute approximate surface area is 157 Å². The molecule has 0 aliphatic heterocycles. The van der Waals surface area contributed by atoms with Crippen LogP contribution in [-0.2, 0) is 4.79 Å². The largest absolute Gasteiger partial charge is 0.481 e. The van der Waals surface area contributed by atoms with E-state index in [1.54, 1.807) is 0 Å². The summed E-state index contributed by atoms with van der Waals surface area (Å²) < 4.78 is 0. The van der Waals surface area contributed by atoms with E-state index in [4.69, 9.17) is 5.11 Å². The molecule has 1 atom stereocenters. The van der Waals surface area contributed by atoms with Gasteiger partial charge in [0, 0.05) is 12.5 Å². The van der Waals surface area contributed by atoms with Crippen LogP contribution in [0.4, 0.5) is 0 Å². The van der Waals surface area contributed by atoms with Gasteiger partial charge < -0.3 is 10.0 Å². The smallest absolute Gasteiger partial charge is 0.303 e. The number of carboxylic acids is 1. The molecule has 25 heavy (non-hydrogen) atoms. The maximum atomic E-state index is 10.9. The van der Waals surface area contributed by atoms with Gasteiger partial charge in [0.25, 0.3) is 0 Å². The predicted octanol–water partition coefficient (Wildman–Crippen LogP) is 6.65. The zero-order valence-corrected chi connectivity index (χ0v) is 17.4. The lowest BCUT2D eigenvalue weighted by atomic mass is 10.0. The number of hydrogen-bond donors (Lipinski definition) is 1. The zero-order valence-electron chi connectivity index (χ0n) is 17.4. The van der Waals surface area contributed by atoms with Crippen molar-refractivity contribution in [3.63, 3.8) is 0 Å². The molecule has 0 spiro atoms. The molecular formula is C22H45NO2. The van der Waals surface area contributed by atoms with Crippen LogP contribution in [0.1, 0.15) is 117 Å². The molecule has 0 saturated heterocycles. The SMILES string of the molecule is CCCCCCCCN(CCCCCCCC)C(CC)CCC(=O)O. The fourth-order valence-electron chi connectivity index (χ4n) is 3.60. The van der Waals surface area contributed by atoms with E-state index in [0.717, 1.165) is 25.9 Å². The van der Waals surface area contributed by atoms with Crippen molar-refractivity contribution < 1.29 is 9.90 Å². The Hall–Kier alpha value is -0.570. The molecule has 0 saturated carbocycles. The Bertz CT molecular complexity index is 278. The van der Waals surface area contributed by atoms with E-state index < -0.39 is 5.97 Å². The lowest BCUT2D eigenvalue weighted by Crippen LogP contribution is -2.37. The Morgan fingerprint density at radius 3 is 1.60 bits per heavy atom. The van der Waals surface area contributed by atoms with Gasteiger partial charge in [0.2, 0.25) is 0 Å². The van der Waals surface area contributed by atoms with Crippen LogP contribution in [0.15, 0.2) is 0 Å². The predicted molar refractivity (Wildman–Crippen MR) is 109 cm³/mol. The molecule has 150 valence electrons. The molecule has 3 nitrogen and oxygen atoms in total. The van der Waals surface area contributed by atoms with Gasteiger partial charge in [-0.2, -0.15) is 0 Å². The van der Waals surface area contributed by atoms with E-state index in [2.05, 4.69) is 25.7 Å². The minimum atomic E-state index is -0.655. The van der Waals surface area contributed by atoms with Gasteiger partial charge in [-0.3, -0.25) is 4.79 Å². The van der Waals surface area contributed by atoms with Gasteiger partial charge in [0.1, 0.15) is 0 Å². The molecule has 3 heteroatoms. The van der Waals surface area contributed by atoms with Gasteiger partial charge in [0.05, 0.1) is 0 Å². The number of carbonyl (C=O) groups is 1. The second kappa shape index (κ2) is 18.2. The Balaban J connectivity index is 4.20. The lowest BCUT2D eigenvalue weighted by Gasteiger charge is -2.31. The van der Waals surface area contributed by atoms with Gasteiger partial charge >= 0.3 is 5.97 Å². The highest BCUT2D eigenvalue weighted by Gasteiger charge is 2.17. The van der Waals surface area contributed by atoms with Gasteiger partial charge in [-0.15, -0.1) is 0 Å². The van der Waals surface area contributed by atoms with Crippen molar-refractivity contribution in [3.8, 4) is 0 Å². The third-order valence-electron chi connectivity index (χ3n) is 5.28. The molecule has 0 heterocycles. The highest BCUT2D eigenvalue weighted by molar-refractivity contribution is 5.66. The molecule has 0 aliphatic carbocycles. The fourth-order valence-corrected chi connectivity index (χ4v) is 3.60. The molecular weight excluding hydrogens is 310 g/mol. The van der Waals surface area contributed by atoms with Crippen LogP contribution in [0.3, 0.4) is 0 Å². The van der Waals surface area contributed by atoms with Crippen molar-refractivity contribution in [1.29, 1.82) is 0 Å². The minimum absolute atomic E-state index is 0.308. The molecule has 1 unspecified atom stereocenters. The van der Waals surface area contributed by atoms with Crippen LogP contribution in [0, 0.1) is 0 Å². The average molecular weight is 356 g/mol. The van der Waals surface area contributed by atoms with Crippen molar-refractivity contribution in [3.05, 3.63) is 0 Å². The summed E-state index contributed by atoms with van der Waals surface area (Å²) in [7, 11) is 0. The highest BCUT2D eigenvalue weighted by atomic mass is 16.4. The van der Waals surface area contributed by atoms with Crippen LogP contribution in [0.5, 0.6) is 0 Å². The first-order valence-corrected chi connectivity index (χ1v) is 11.1. The first-order chi connectivity index (χ1) is 12.2. The van der Waals surface area contributed by atoms with Crippen LogP contribution in [-0.4, -0.2) is 35.1 Å². The quantitative estimate of drug-likeness (QED) is 0.264. The topological polar surface area (TPSA) is 40.5 Å². The summed E-state index contributed by atoms with van der Waals surface area (Å²) in [5.74, 6) is -0.655. The second-order valence-electron chi connectivity index (χ2n) is 7.57. The molecule has 0 rings (SSSR count). The molecule has 0 fully saturated rings. The number of rotatable bonds is 19. The van der Waals surface area contributed by atoms with Gasteiger partial charge in [-0.1, -0.05) is 85.0 Å². The monoisotopic (exact) mass is 355 g/mol. The van der Waals surface area contributed by atoms with Crippen molar-refractivity contribution in [2.75, 3.05) is 13.1 Å². The summed E-state index contributed by atoms with van der Waals surface area (Å²) >= 11 is 0. The average Bonchev–Trinajstić information content (AvgIpc) is 2.60. The zero-order chi connectivity index (χ0) is 18.8. The second-order valence-corrected chi connectivity index (χ2v) is 7.57. The summed E-state index contributed by atoms with van der Waals surface area (Å²) in [5.41, 5.74) is 0. The van der Waals surface area contributed by atoms with E-state index in [9.17, 15) is 4.79 Å². The molecule has 0 aromatic carbocycles. The number of aliphatic carboxylic acids is 1. The van der Waals surface area contributed by atoms with E-state index in [-0.39, 0.29) is 0 Å². The first-order valence-electron chi connectivity index (χ1n) is 11.1. The molecule has 1 N–H and O–H groups in total. The number of hydrogen-bond acceptors (Lipinski definition) is 2. The maximum Gasteiger partial charge on any atom is 0.303 e. The number of unbranched alkanes of at least 4 members (excludes halogenated alkanes) is 10. The normalized spacial score (nSPS) is 12.6. The molecule has 0 aromatic heterocycles. The van der Waals surface area contributed by atoms with Crippen LogP contribution >= 0.6 is 0 Å². The standard InChI is InChI=1S/C22H45NO2/c1-4-7-9-11-13-15-19-23(20-16-14-12-10-8-5-2)21(6-3)17-18-22(24)25/h21H,4-20H2,1-3H3,(H,24,25). The third-order valence-corrected chi connectivity index (χ3v) is 5.28. The van der Waals surface area contributed by atoms with E-state index in [1.165, 1.54) is 77.0 Å². The summed E-state index contributed by atoms with van der Waals surface area (Å²) in [6.45, 7) is 9.04. The van der Waals surface area contributed by atoms with Crippen molar-refractivity contribution >= 4 is 5.97 Å². The lowest BCUT2D eigenvalue weighted by molar-refractivity contribution is -0.137. The Morgan fingerprint density at radius 2 is 1.20 bits per heavy atom. The van der Waals surface area contributed by atoms with E-state index in [0.29, 0.717) is 12.5 Å². The first kappa shape index (κ1) is 24.4. The molecule has 0 radical (unpaired) electrons.